The first kappa shape index (κ1) is 10.3. The van der Waals surface area contributed by atoms with Crippen molar-refractivity contribution < 1.29 is 4.39 Å². The number of pyridine rings is 1. The quantitative estimate of drug-likeness (QED) is 0.784. The van der Waals surface area contributed by atoms with Gasteiger partial charge in [0.1, 0.15) is 5.82 Å². The summed E-state index contributed by atoms with van der Waals surface area (Å²) in [5.74, 6) is -0.166. The summed E-state index contributed by atoms with van der Waals surface area (Å²) in [5.41, 5.74) is 2.41. The molecule has 17 heavy (non-hydrogen) atoms. The highest BCUT2D eigenvalue weighted by Crippen LogP contribution is 2.28. The molecule has 0 bridgehead atoms. The van der Waals surface area contributed by atoms with Gasteiger partial charge in [0.2, 0.25) is 0 Å². The van der Waals surface area contributed by atoms with E-state index in [0.717, 1.165) is 36.0 Å². The van der Waals surface area contributed by atoms with Gasteiger partial charge in [-0.2, -0.15) is 0 Å². The van der Waals surface area contributed by atoms with Crippen molar-refractivity contribution in [3.05, 3.63) is 42.4 Å². The van der Waals surface area contributed by atoms with Gasteiger partial charge in [-0.1, -0.05) is 12.7 Å². The lowest BCUT2D eigenvalue weighted by Crippen LogP contribution is -2.37. The Morgan fingerprint density at radius 1 is 1.29 bits per heavy atom. The second-order valence-electron chi connectivity index (χ2n) is 4.31. The second kappa shape index (κ2) is 3.84. The molecule has 1 aliphatic heterocycles. The summed E-state index contributed by atoms with van der Waals surface area (Å²) in [4.78, 5) is 6.37. The Labute approximate surface area is 99.4 Å². The highest BCUT2D eigenvalue weighted by Gasteiger charge is 2.18. The minimum Gasteiger partial charge on any atom is -0.369 e. The van der Waals surface area contributed by atoms with Crippen molar-refractivity contribution in [1.29, 1.82) is 0 Å². The number of rotatable bonds is 2. The molecule has 2 aromatic rings. The molecule has 1 aliphatic rings. The van der Waals surface area contributed by atoms with Crippen molar-refractivity contribution in [1.82, 2.24) is 4.98 Å². The summed E-state index contributed by atoms with van der Waals surface area (Å²) >= 11 is 0. The van der Waals surface area contributed by atoms with Crippen molar-refractivity contribution in [2.75, 3.05) is 18.0 Å². The van der Waals surface area contributed by atoms with E-state index in [1.807, 2.05) is 17.0 Å². The summed E-state index contributed by atoms with van der Waals surface area (Å²) < 4.78 is 13.9. The van der Waals surface area contributed by atoms with Crippen LogP contribution in [-0.2, 0) is 0 Å². The molecule has 0 atom stereocenters. The first-order chi connectivity index (χ1) is 8.28. The van der Waals surface area contributed by atoms with Crippen LogP contribution in [-0.4, -0.2) is 18.1 Å². The zero-order chi connectivity index (χ0) is 11.8. The maximum atomic E-state index is 13.9. The lowest BCUT2D eigenvalue weighted by Gasteiger charge is -2.33. The van der Waals surface area contributed by atoms with Gasteiger partial charge in [0, 0.05) is 24.7 Å². The van der Waals surface area contributed by atoms with E-state index in [4.69, 9.17) is 0 Å². The van der Waals surface area contributed by atoms with Crippen molar-refractivity contribution in [2.24, 2.45) is 0 Å². The minimum atomic E-state index is -0.166. The van der Waals surface area contributed by atoms with Crippen LogP contribution >= 0.6 is 0 Å². The third kappa shape index (κ3) is 1.68. The zero-order valence-corrected chi connectivity index (χ0v) is 9.49. The molecular formula is C14H13FN2. The van der Waals surface area contributed by atoms with Gasteiger partial charge >= 0.3 is 0 Å². The minimum absolute atomic E-state index is 0.166. The maximum absolute atomic E-state index is 13.9. The number of hydrogen-bond donors (Lipinski definition) is 0. The van der Waals surface area contributed by atoms with Crippen molar-refractivity contribution in [3.8, 4) is 0 Å². The zero-order valence-electron chi connectivity index (χ0n) is 9.49. The molecule has 1 saturated heterocycles. The Kier molecular flexibility index (Phi) is 2.32. The number of aromatic nitrogens is 1. The van der Waals surface area contributed by atoms with Crippen LogP contribution in [0.3, 0.4) is 0 Å². The maximum Gasteiger partial charge on any atom is 0.147 e. The molecule has 0 N–H and O–H groups in total. The van der Waals surface area contributed by atoms with Crippen LogP contribution in [0.5, 0.6) is 0 Å². The average Bonchev–Trinajstić information content (AvgIpc) is 2.27. The fraction of sp³-hybridized carbons (Fsp3) is 0.214. The molecule has 0 aliphatic carbocycles. The standard InChI is InChI=1S/C14H13FN2/c1-2-10-6-11-7-12(15)14(17-4-3-5-17)8-13(11)16-9-10/h2,6-9H,1,3-5H2. The van der Waals surface area contributed by atoms with E-state index in [-0.39, 0.29) is 5.82 Å². The van der Waals surface area contributed by atoms with Crippen LogP contribution in [0.2, 0.25) is 0 Å². The number of fused-ring (bicyclic) bond motifs is 1. The first-order valence-electron chi connectivity index (χ1n) is 5.74. The monoisotopic (exact) mass is 228 g/mol. The Morgan fingerprint density at radius 3 is 2.76 bits per heavy atom. The lowest BCUT2D eigenvalue weighted by atomic mass is 10.1. The predicted octanol–water partition coefficient (Wildman–Crippen LogP) is 3.23. The van der Waals surface area contributed by atoms with Gasteiger partial charge < -0.3 is 4.90 Å². The van der Waals surface area contributed by atoms with Crippen LogP contribution in [0.25, 0.3) is 17.0 Å². The molecule has 0 amide bonds. The molecule has 0 saturated carbocycles. The fourth-order valence-electron chi connectivity index (χ4n) is 2.07. The van der Waals surface area contributed by atoms with Crippen LogP contribution in [0, 0.1) is 5.82 Å². The molecular weight excluding hydrogens is 215 g/mol. The van der Waals surface area contributed by atoms with E-state index in [2.05, 4.69) is 11.6 Å². The van der Waals surface area contributed by atoms with Crippen molar-refractivity contribution in [3.63, 3.8) is 0 Å². The third-order valence-electron chi connectivity index (χ3n) is 3.20. The number of halogens is 1. The number of anilines is 1. The predicted molar refractivity (Wildman–Crippen MR) is 68.6 cm³/mol. The molecule has 2 heterocycles. The molecule has 2 nitrogen and oxygen atoms in total. The number of nitrogens with zero attached hydrogens (tertiary/aromatic N) is 2. The molecule has 0 spiro atoms. The normalized spacial score (nSPS) is 14.8. The highest BCUT2D eigenvalue weighted by molar-refractivity contribution is 5.84. The Bertz CT molecular complexity index is 588. The van der Waals surface area contributed by atoms with Crippen LogP contribution in [0.15, 0.2) is 31.0 Å². The van der Waals surface area contributed by atoms with Gasteiger partial charge in [0.15, 0.2) is 0 Å². The highest BCUT2D eigenvalue weighted by atomic mass is 19.1. The van der Waals surface area contributed by atoms with E-state index >= 15 is 0 Å². The molecule has 0 radical (unpaired) electrons. The Hall–Kier alpha value is -1.90. The summed E-state index contributed by atoms with van der Waals surface area (Å²) in [5, 5.41) is 0.823. The summed E-state index contributed by atoms with van der Waals surface area (Å²) in [6.07, 6.45) is 4.61. The molecule has 1 aromatic carbocycles. The molecule has 3 heteroatoms. The molecule has 1 fully saturated rings. The van der Waals surface area contributed by atoms with Crippen LogP contribution < -0.4 is 4.90 Å². The van der Waals surface area contributed by atoms with Gasteiger partial charge in [-0.3, -0.25) is 4.98 Å². The molecule has 86 valence electrons. The van der Waals surface area contributed by atoms with Gasteiger partial charge in [-0.05, 0) is 30.2 Å². The van der Waals surface area contributed by atoms with E-state index in [1.165, 1.54) is 0 Å². The Morgan fingerprint density at radius 2 is 2.12 bits per heavy atom. The average molecular weight is 228 g/mol. The van der Waals surface area contributed by atoms with Crippen LogP contribution in [0.1, 0.15) is 12.0 Å². The van der Waals surface area contributed by atoms with E-state index in [0.29, 0.717) is 5.69 Å². The summed E-state index contributed by atoms with van der Waals surface area (Å²) in [7, 11) is 0. The van der Waals surface area contributed by atoms with Gasteiger partial charge in [0.25, 0.3) is 0 Å². The van der Waals surface area contributed by atoms with Gasteiger partial charge in [-0.15, -0.1) is 0 Å². The number of benzene rings is 1. The van der Waals surface area contributed by atoms with Crippen LogP contribution in [0.4, 0.5) is 10.1 Å². The van der Waals surface area contributed by atoms with Gasteiger partial charge in [0.05, 0.1) is 11.2 Å². The van der Waals surface area contributed by atoms with E-state index in [9.17, 15) is 4.39 Å². The Balaban J connectivity index is 2.15. The molecule has 0 unspecified atom stereocenters. The first-order valence-corrected chi connectivity index (χ1v) is 5.74. The van der Waals surface area contributed by atoms with Crippen molar-refractivity contribution >= 4 is 22.7 Å². The lowest BCUT2D eigenvalue weighted by molar-refractivity contribution is 0.574. The smallest absolute Gasteiger partial charge is 0.147 e. The fourth-order valence-corrected chi connectivity index (χ4v) is 2.07. The summed E-state index contributed by atoms with van der Waals surface area (Å²) in [6.45, 7) is 5.56. The second-order valence-corrected chi connectivity index (χ2v) is 4.31. The molecule has 1 aromatic heterocycles. The topological polar surface area (TPSA) is 16.1 Å². The largest absolute Gasteiger partial charge is 0.369 e. The van der Waals surface area contributed by atoms with Crippen molar-refractivity contribution in [2.45, 2.75) is 6.42 Å². The number of hydrogen-bond acceptors (Lipinski definition) is 2. The van der Waals surface area contributed by atoms with E-state index < -0.39 is 0 Å². The SMILES string of the molecule is C=Cc1cnc2cc(N3CCC3)c(F)cc2c1. The van der Waals surface area contributed by atoms with Gasteiger partial charge in [-0.25, -0.2) is 4.39 Å². The molecule has 3 rings (SSSR count). The third-order valence-corrected chi connectivity index (χ3v) is 3.20. The van der Waals surface area contributed by atoms with E-state index in [1.54, 1.807) is 18.3 Å². The summed E-state index contributed by atoms with van der Waals surface area (Å²) in [6, 6.07) is 5.29.